The van der Waals surface area contributed by atoms with Crippen molar-refractivity contribution >= 4 is 22.2 Å². The minimum atomic E-state index is -0.247. The van der Waals surface area contributed by atoms with Gasteiger partial charge in [-0.15, -0.1) is 11.3 Å². The van der Waals surface area contributed by atoms with Gasteiger partial charge in [0.25, 0.3) is 5.91 Å². The molecular weight excluding hydrogens is 318 g/mol. The predicted octanol–water partition coefficient (Wildman–Crippen LogP) is 4.55. The third kappa shape index (κ3) is 3.05. The van der Waals surface area contributed by atoms with Crippen molar-refractivity contribution in [1.29, 1.82) is 5.26 Å². The van der Waals surface area contributed by atoms with E-state index in [9.17, 15) is 10.1 Å². The second-order valence-corrected chi connectivity index (χ2v) is 6.35. The van der Waals surface area contributed by atoms with Crippen molar-refractivity contribution in [2.45, 2.75) is 13.8 Å². The average molecular weight is 333 g/mol. The number of nitrogens with zero attached hydrogens (tertiary/aromatic N) is 2. The summed E-state index contributed by atoms with van der Waals surface area (Å²) < 4.78 is 0. The zero-order valence-electron chi connectivity index (χ0n) is 13.3. The van der Waals surface area contributed by atoms with Gasteiger partial charge in [-0.3, -0.25) is 9.78 Å². The topological polar surface area (TPSA) is 65.8 Å². The Labute approximate surface area is 144 Å². The molecule has 1 amide bonds. The van der Waals surface area contributed by atoms with E-state index in [1.165, 1.54) is 11.3 Å². The third-order valence-corrected chi connectivity index (χ3v) is 4.65. The standard InChI is InChI=1S/C19H15N3OS/c1-12-3-4-13(2)15(9-12)17-11-24-19(16(17)10-20)22-18(23)14-5-7-21-8-6-14/h3-9,11H,1-2H3,(H,22,23). The fraction of sp³-hybridized carbons (Fsp3) is 0.105. The summed E-state index contributed by atoms with van der Waals surface area (Å²) in [6.07, 6.45) is 3.13. The van der Waals surface area contributed by atoms with Crippen LogP contribution in [0, 0.1) is 25.2 Å². The van der Waals surface area contributed by atoms with Gasteiger partial charge in [0.1, 0.15) is 11.1 Å². The van der Waals surface area contributed by atoms with E-state index >= 15 is 0 Å². The molecule has 118 valence electrons. The average Bonchev–Trinajstić information content (AvgIpc) is 3.00. The predicted molar refractivity (Wildman–Crippen MR) is 96.1 cm³/mol. The minimum absolute atomic E-state index is 0.247. The Morgan fingerprint density at radius 3 is 2.62 bits per heavy atom. The van der Waals surface area contributed by atoms with Crippen molar-refractivity contribution in [2.24, 2.45) is 0 Å². The van der Waals surface area contributed by atoms with Crippen LogP contribution in [0.15, 0.2) is 48.1 Å². The van der Waals surface area contributed by atoms with Crippen LogP contribution in [0.5, 0.6) is 0 Å². The molecule has 2 heterocycles. The number of carbonyl (C=O) groups excluding carboxylic acids is 1. The SMILES string of the molecule is Cc1ccc(C)c(-c2csc(NC(=O)c3ccncc3)c2C#N)c1. The number of rotatable bonds is 3. The summed E-state index contributed by atoms with van der Waals surface area (Å²) in [5, 5.41) is 14.9. The van der Waals surface area contributed by atoms with Crippen molar-refractivity contribution in [3.05, 3.63) is 70.4 Å². The smallest absolute Gasteiger partial charge is 0.256 e. The van der Waals surface area contributed by atoms with Gasteiger partial charge in [0.2, 0.25) is 0 Å². The van der Waals surface area contributed by atoms with Gasteiger partial charge in [0.05, 0.1) is 5.56 Å². The monoisotopic (exact) mass is 333 g/mol. The molecule has 0 radical (unpaired) electrons. The Morgan fingerprint density at radius 1 is 1.17 bits per heavy atom. The number of hydrogen-bond acceptors (Lipinski definition) is 4. The molecule has 5 heteroatoms. The first kappa shape index (κ1) is 15.9. The molecular formula is C19H15N3OS. The molecule has 0 aliphatic heterocycles. The van der Waals surface area contributed by atoms with Gasteiger partial charge in [0.15, 0.2) is 0 Å². The largest absolute Gasteiger partial charge is 0.312 e. The number of hydrogen-bond donors (Lipinski definition) is 1. The minimum Gasteiger partial charge on any atom is -0.312 e. The molecule has 0 saturated heterocycles. The van der Waals surface area contributed by atoms with Crippen LogP contribution >= 0.6 is 11.3 Å². The van der Waals surface area contributed by atoms with Crippen molar-refractivity contribution in [2.75, 3.05) is 5.32 Å². The molecule has 0 atom stereocenters. The van der Waals surface area contributed by atoms with E-state index in [1.807, 2.05) is 31.4 Å². The maximum absolute atomic E-state index is 12.3. The van der Waals surface area contributed by atoms with Crippen LogP contribution in [0.1, 0.15) is 27.0 Å². The van der Waals surface area contributed by atoms with Crippen LogP contribution in [0.4, 0.5) is 5.00 Å². The Bertz CT molecular complexity index is 939. The lowest BCUT2D eigenvalue weighted by Gasteiger charge is -2.07. The van der Waals surface area contributed by atoms with E-state index in [1.54, 1.807) is 24.5 Å². The lowest BCUT2D eigenvalue weighted by atomic mass is 9.98. The highest BCUT2D eigenvalue weighted by Gasteiger charge is 2.17. The van der Waals surface area contributed by atoms with Crippen molar-refractivity contribution in [1.82, 2.24) is 4.98 Å². The van der Waals surface area contributed by atoms with Gasteiger partial charge < -0.3 is 5.32 Å². The number of aryl methyl sites for hydroxylation is 2. The van der Waals surface area contributed by atoms with Crippen LogP contribution in [-0.2, 0) is 0 Å². The zero-order chi connectivity index (χ0) is 17.1. The molecule has 0 spiro atoms. The zero-order valence-corrected chi connectivity index (χ0v) is 14.1. The van der Waals surface area contributed by atoms with E-state index in [0.29, 0.717) is 16.1 Å². The van der Waals surface area contributed by atoms with Gasteiger partial charge >= 0.3 is 0 Å². The van der Waals surface area contributed by atoms with Crippen LogP contribution in [-0.4, -0.2) is 10.9 Å². The second-order valence-electron chi connectivity index (χ2n) is 5.47. The van der Waals surface area contributed by atoms with E-state index in [0.717, 1.165) is 22.3 Å². The highest BCUT2D eigenvalue weighted by atomic mass is 32.1. The highest BCUT2D eigenvalue weighted by Crippen LogP contribution is 2.37. The van der Waals surface area contributed by atoms with Gasteiger partial charge in [0, 0.05) is 28.9 Å². The number of amides is 1. The number of nitriles is 1. The first-order valence-corrected chi connectivity index (χ1v) is 8.28. The molecule has 0 aliphatic carbocycles. The number of pyridine rings is 1. The molecule has 24 heavy (non-hydrogen) atoms. The molecule has 0 aliphatic rings. The summed E-state index contributed by atoms with van der Waals surface area (Å²) in [6, 6.07) is 11.7. The van der Waals surface area contributed by atoms with Gasteiger partial charge in [-0.25, -0.2) is 0 Å². The molecule has 4 nitrogen and oxygen atoms in total. The Morgan fingerprint density at radius 2 is 1.92 bits per heavy atom. The molecule has 0 fully saturated rings. The summed E-state index contributed by atoms with van der Waals surface area (Å²) in [6.45, 7) is 4.04. The molecule has 0 bridgehead atoms. The number of aromatic nitrogens is 1. The Kier molecular flexibility index (Phi) is 4.41. The lowest BCUT2D eigenvalue weighted by Crippen LogP contribution is -2.11. The molecule has 0 saturated carbocycles. The summed E-state index contributed by atoms with van der Waals surface area (Å²) in [7, 11) is 0. The normalized spacial score (nSPS) is 10.2. The molecule has 0 unspecified atom stereocenters. The number of anilines is 1. The molecule has 1 N–H and O–H groups in total. The molecule has 2 aromatic heterocycles. The lowest BCUT2D eigenvalue weighted by molar-refractivity contribution is 0.102. The quantitative estimate of drug-likeness (QED) is 0.764. The van der Waals surface area contributed by atoms with E-state index in [4.69, 9.17) is 0 Å². The summed E-state index contributed by atoms with van der Waals surface area (Å²) >= 11 is 1.36. The first-order chi connectivity index (χ1) is 11.6. The molecule has 3 rings (SSSR count). The van der Waals surface area contributed by atoms with Crippen molar-refractivity contribution in [3.8, 4) is 17.2 Å². The van der Waals surface area contributed by atoms with E-state index < -0.39 is 0 Å². The summed E-state index contributed by atoms with van der Waals surface area (Å²) in [5.74, 6) is -0.247. The molecule has 3 aromatic rings. The number of benzene rings is 1. The third-order valence-electron chi connectivity index (χ3n) is 3.76. The Hall–Kier alpha value is -2.97. The second kappa shape index (κ2) is 6.65. The first-order valence-electron chi connectivity index (χ1n) is 7.40. The molecule has 1 aromatic carbocycles. The number of carbonyl (C=O) groups is 1. The van der Waals surface area contributed by atoms with Gasteiger partial charge in [-0.2, -0.15) is 5.26 Å². The van der Waals surface area contributed by atoms with Crippen LogP contribution < -0.4 is 5.32 Å². The van der Waals surface area contributed by atoms with Crippen molar-refractivity contribution < 1.29 is 4.79 Å². The van der Waals surface area contributed by atoms with Gasteiger partial charge in [-0.05, 0) is 37.1 Å². The number of nitrogens with one attached hydrogen (secondary N) is 1. The summed E-state index contributed by atoms with van der Waals surface area (Å²) in [5.41, 5.74) is 5.11. The summed E-state index contributed by atoms with van der Waals surface area (Å²) in [4.78, 5) is 16.2. The van der Waals surface area contributed by atoms with Crippen LogP contribution in [0.2, 0.25) is 0 Å². The Balaban J connectivity index is 1.98. The maximum atomic E-state index is 12.3. The van der Waals surface area contributed by atoms with Crippen LogP contribution in [0.25, 0.3) is 11.1 Å². The highest BCUT2D eigenvalue weighted by molar-refractivity contribution is 7.15. The van der Waals surface area contributed by atoms with E-state index in [2.05, 4.69) is 22.4 Å². The fourth-order valence-electron chi connectivity index (χ4n) is 2.46. The number of thiophene rings is 1. The maximum Gasteiger partial charge on any atom is 0.256 e. The van der Waals surface area contributed by atoms with Crippen molar-refractivity contribution in [3.63, 3.8) is 0 Å². The van der Waals surface area contributed by atoms with Crippen LogP contribution in [0.3, 0.4) is 0 Å². The van der Waals surface area contributed by atoms with E-state index in [-0.39, 0.29) is 5.91 Å². The van der Waals surface area contributed by atoms with Gasteiger partial charge in [-0.1, -0.05) is 23.8 Å². The fourth-order valence-corrected chi connectivity index (χ4v) is 3.37.